The number of hydrogen-bond donors (Lipinski definition) is 2. The molecule has 0 bridgehead atoms. The summed E-state index contributed by atoms with van der Waals surface area (Å²) >= 11 is 0. The third kappa shape index (κ3) is 6.34. The van der Waals surface area contributed by atoms with E-state index in [-0.39, 0.29) is 18.1 Å². The highest BCUT2D eigenvalue weighted by Gasteiger charge is 2.53. The van der Waals surface area contributed by atoms with Crippen LogP contribution in [0.15, 0.2) is 122 Å². The molecule has 2 N–H and O–H groups in total. The second-order valence-corrected chi connectivity index (χ2v) is 12.4. The van der Waals surface area contributed by atoms with Crippen LogP contribution in [0.3, 0.4) is 0 Å². The van der Waals surface area contributed by atoms with Crippen LogP contribution in [0, 0.1) is 0 Å². The minimum Gasteiger partial charge on any atom is -0.497 e. The summed E-state index contributed by atoms with van der Waals surface area (Å²) in [5.74, 6) is 0.663. The first-order valence-electron chi connectivity index (χ1n) is 16.7. The Kier molecular flexibility index (Phi) is 9.66. The van der Waals surface area contributed by atoms with Crippen molar-refractivity contribution in [3.05, 3.63) is 144 Å². The van der Waals surface area contributed by atoms with Gasteiger partial charge in [-0.15, -0.1) is 0 Å². The van der Waals surface area contributed by atoms with Crippen LogP contribution >= 0.6 is 0 Å². The van der Waals surface area contributed by atoms with Crippen LogP contribution in [-0.4, -0.2) is 69.0 Å². The molecule has 1 saturated heterocycles. The maximum absolute atomic E-state index is 13.0. The lowest BCUT2D eigenvalue weighted by Gasteiger charge is -2.43. The number of aliphatic hydroxyl groups excluding tert-OH is 1. The second-order valence-electron chi connectivity index (χ2n) is 12.4. The van der Waals surface area contributed by atoms with Crippen molar-refractivity contribution in [3.8, 4) is 11.5 Å². The topological polar surface area (TPSA) is 147 Å². The smallest absolute Gasteiger partial charge is 0.302 e. The number of ether oxygens (including phenoxy) is 4. The Morgan fingerprint density at radius 3 is 1.98 bits per heavy atom. The molecule has 52 heavy (non-hydrogen) atoms. The van der Waals surface area contributed by atoms with E-state index < -0.39 is 35.9 Å². The Hall–Kier alpha value is -6.11. The Morgan fingerprint density at radius 2 is 1.40 bits per heavy atom. The van der Waals surface area contributed by atoms with Crippen LogP contribution in [0.5, 0.6) is 11.5 Å². The minimum absolute atomic E-state index is 0.179. The fourth-order valence-corrected chi connectivity index (χ4v) is 7.03. The Morgan fingerprint density at radius 1 is 0.827 bits per heavy atom. The van der Waals surface area contributed by atoms with Crippen LogP contribution in [-0.2, 0) is 19.7 Å². The molecule has 1 amide bonds. The predicted octanol–water partition coefficient (Wildman–Crippen LogP) is 5.71. The number of carbonyl (C=O) groups excluding carboxylic acids is 2. The largest absolute Gasteiger partial charge is 0.497 e. The predicted molar refractivity (Wildman–Crippen MR) is 192 cm³/mol. The van der Waals surface area contributed by atoms with Gasteiger partial charge in [-0.25, -0.2) is 15.0 Å². The van der Waals surface area contributed by atoms with E-state index in [9.17, 15) is 14.7 Å². The van der Waals surface area contributed by atoms with Crippen LogP contribution in [0.1, 0.15) is 46.6 Å². The summed E-state index contributed by atoms with van der Waals surface area (Å²) in [6.45, 7) is 1.33. The van der Waals surface area contributed by atoms with Crippen LogP contribution in [0.2, 0.25) is 0 Å². The highest BCUT2D eigenvalue weighted by atomic mass is 16.6. The molecule has 2 aromatic heterocycles. The molecule has 1 aliphatic heterocycles. The van der Waals surface area contributed by atoms with E-state index in [0.717, 1.165) is 16.7 Å². The highest BCUT2D eigenvalue weighted by Crippen LogP contribution is 2.48. The molecule has 4 atom stereocenters. The lowest BCUT2D eigenvalue weighted by atomic mass is 9.64. The number of anilines is 1. The molecule has 1 aliphatic rings. The number of aliphatic hydroxyl groups is 1. The highest BCUT2D eigenvalue weighted by molar-refractivity contribution is 6.06. The number of imidazole rings is 1. The van der Waals surface area contributed by atoms with Gasteiger partial charge in [0.2, 0.25) is 0 Å². The van der Waals surface area contributed by atoms with Crippen molar-refractivity contribution in [2.45, 2.75) is 43.3 Å². The third-order valence-corrected chi connectivity index (χ3v) is 9.44. The van der Waals surface area contributed by atoms with Gasteiger partial charge in [-0.05, 0) is 53.1 Å². The van der Waals surface area contributed by atoms with Gasteiger partial charge >= 0.3 is 5.97 Å². The van der Waals surface area contributed by atoms with E-state index in [0.29, 0.717) is 28.2 Å². The summed E-state index contributed by atoms with van der Waals surface area (Å²) in [5.41, 5.74) is 2.26. The quantitative estimate of drug-likeness (QED) is 0.127. The summed E-state index contributed by atoms with van der Waals surface area (Å²) in [4.78, 5) is 38.8. The van der Waals surface area contributed by atoms with Crippen molar-refractivity contribution < 1.29 is 33.6 Å². The van der Waals surface area contributed by atoms with Crippen molar-refractivity contribution in [1.82, 2.24) is 19.5 Å². The van der Waals surface area contributed by atoms with Gasteiger partial charge < -0.3 is 29.4 Å². The number of benzene rings is 4. The number of nitrogens with one attached hydrogen (secondary N) is 1. The normalized spacial score (nSPS) is 17.7. The van der Waals surface area contributed by atoms with Gasteiger partial charge in [-0.3, -0.25) is 14.2 Å². The Labute approximate surface area is 300 Å². The maximum atomic E-state index is 13.0. The summed E-state index contributed by atoms with van der Waals surface area (Å²) < 4.78 is 25.3. The molecular formula is C40H37N5O7. The summed E-state index contributed by atoms with van der Waals surface area (Å²) in [6, 6.07) is 33.5. The van der Waals surface area contributed by atoms with E-state index in [2.05, 4.69) is 20.3 Å². The number of rotatable bonds is 11. The van der Waals surface area contributed by atoms with Gasteiger partial charge in [-0.1, -0.05) is 72.8 Å². The van der Waals surface area contributed by atoms with E-state index >= 15 is 0 Å². The SMILES string of the molecule is COc1ccc(C(c2ccccc2)(c2ccc(OC)cc2)C(O)[C@H]2O[C@@H](n3cnc4c(NC(=O)c5ccccc5)ncnc43)C[C@@H]2OC(C)=O)cc1. The van der Waals surface area contributed by atoms with E-state index in [1.807, 2.05) is 84.9 Å². The van der Waals surface area contributed by atoms with E-state index in [1.54, 1.807) is 49.4 Å². The molecule has 0 spiro atoms. The molecule has 1 unspecified atom stereocenters. The molecule has 0 aliphatic carbocycles. The molecule has 12 heteroatoms. The summed E-state index contributed by atoms with van der Waals surface area (Å²) in [6.07, 6.45) is -0.918. The average molecular weight is 700 g/mol. The average Bonchev–Trinajstić information content (AvgIpc) is 3.81. The lowest BCUT2D eigenvalue weighted by Crippen LogP contribution is -2.52. The zero-order valence-corrected chi connectivity index (χ0v) is 28.7. The molecular weight excluding hydrogens is 662 g/mol. The number of fused-ring (bicyclic) bond motifs is 1. The molecule has 264 valence electrons. The van der Waals surface area contributed by atoms with Gasteiger partial charge in [0.25, 0.3) is 5.91 Å². The van der Waals surface area contributed by atoms with Gasteiger partial charge in [0.1, 0.15) is 42.4 Å². The number of carbonyl (C=O) groups is 2. The Balaban J connectivity index is 1.32. The van der Waals surface area contributed by atoms with Crippen LogP contribution in [0.25, 0.3) is 11.2 Å². The van der Waals surface area contributed by atoms with Crippen molar-refractivity contribution in [1.29, 1.82) is 0 Å². The first-order valence-corrected chi connectivity index (χ1v) is 16.7. The molecule has 6 aromatic rings. The molecule has 12 nitrogen and oxygen atoms in total. The van der Waals surface area contributed by atoms with Gasteiger partial charge in [0.05, 0.1) is 26.0 Å². The van der Waals surface area contributed by atoms with Crippen molar-refractivity contribution in [3.63, 3.8) is 0 Å². The zero-order chi connectivity index (χ0) is 36.2. The molecule has 0 saturated carbocycles. The molecule has 0 radical (unpaired) electrons. The number of hydrogen-bond acceptors (Lipinski definition) is 10. The first kappa shape index (κ1) is 34.3. The number of nitrogens with zero attached hydrogens (tertiary/aromatic N) is 4. The fraction of sp³-hybridized carbons (Fsp3) is 0.225. The molecule has 7 rings (SSSR count). The summed E-state index contributed by atoms with van der Waals surface area (Å²) in [7, 11) is 3.19. The second kappa shape index (κ2) is 14.6. The molecule has 1 fully saturated rings. The van der Waals surface area contributed by atoms with Crippen molar-refractivity contribution >= 4 is 28.9 Å². The number of methoxy groups -OCH3 is 2. The zero-order valence-electron chi connectivity index (χ0n) is 28.7. The van der Waals surface area contributed by atoms with E-state index in [4.69, 9.17) is 18.9 Å². The lowest BCUT2D eigenvalue weighted by molar-refractivity contribution is -0.155. The fourth-order valence-electron chi connectivity index (χ4n) is 7.03. The third-order valence-electron chi connectivity index (χ3n) is 9.44. The minimum atomic E-state index is -1.31. The van der Waals surface area contributed by atoms with Gasteiger partial charge in [0.15, 0.2) is 17.0 Å². The van der Waals surface area contributed by atoms with Gasteiger partial charge in [0, 0.05) is 18.9 Å². The monoisotopic (exact) mass is 699 g/mol. The Bertz CT molecular complexity index is 2110. The number of amides is 1. The van der Waals surface area contributed by atoms with Crippen molar-refractivity contribution in [2.75, 3.05) is 19.5 Å². The maximum Gasteiger partial charge on any atom is 0.302 e. The van der Waals surface area contributed by atoms with Crippen LogP contribution in [0.4, 0.5) is 5.82 Å². The number of esters is 1. The van der Waals surface area contributed by atoms with E-state index in [1.165, 1.54) is 13.3 Å². The van der Waals surface area contributed by atoms with Gasteiger partial charge in [-0.2, -0.15) is 0 Å². The van der Waals surface area contributed by atoms with Crippen LogP contribution < -0.4 is 14.8 Å². The standard InChI is InChI=1S/C40H37N5O7/c1-25(46)51-32-22-33(45-24-43-34-37(41-23-42-38(34)45)44-39(48)26-10-6-4-7-11-26)52-35(32)36(47)40(27-12-8-5-9-13-27,28-14-18-30(49-2)19-15-28)29-16-20-31(50-3)21-17-29/h4-21,23-24,32-33,35-36,47H,22H2,1-3H3,(H,41,42,44,48)/t32-,33+,35-,36?/m0/s1. The summed E-state index contributed by atoms with van der Waals surface area (Å²) in [5, 5.41) is 15.8. The molecule has 4 aromatic carbocycles. The molecule has 3 heterocycles. The first-order chi connectivity index (χ1) is 25.3. The number of aromatic nitrogens is 4. The van der Waals surface area contributed by atoms with Crippen molar-refractivity contribution in [2.24, 2.45) is 0 Å².